The summed E-state index contributed by atoms with van der Waals surface area (Å²) in [6.45, 7) is 0.673. The molecule has 0 aliphatic carbocycles. The van der Waals surface area contributed by atoms with Crippen molar-refractivity contribution in [3.8, 4) is 0 Å². The maximum absolute atomic E-state index is 12.2. The number of hydrogen-bond acceptors (Lipinski definition) is 4. The standard InChI is InChI=1S/C18H21N3OS/c22-18(19-11-12-23-15-9-5-2-6-10-15)17-13-16(20-21-17)14-7-3-1-4-8-14/h1-10,16-17,20-21H,11-13H2,(H,19,22). The van der Waals surface area contributed by atoms with Gasteiger partial charge in [0.25, 0.3) is 0 Å². The number of hydrogen-bond donors (Lipinski definition) is 3. The van der Waals surface area contributed by atoms with Crippen LogP contribution in [0.2, 0.25) is 0 Å². The summed E-state index contributed by atoms with van der Waals surface area (Å²) in [7, 11) is 0. The maximum atomic E-state index is 12.2. The smallest absolute Gasteiger partial charge is 0.238 e. The summed E-state index contributed by atoms with van der Waals surface area (Å²) in [6.07, 6.45) is 0.766. The van der Waals surface area contributed by atoms with Crippen LogP contribution in [-0.2, 0) is 4.79 Å². The molecule has 2 aromatic rings. The molecule has 3 N–H and O–H groups in total. The first-order chi connectivity index (χ1) is 11.3. The van der Waals surface area contributed by atoms with Crippen LogP contribution in [0.15, 0.2) is 65.6 Å². The number of hydrazine groups is 1. The van der Waals surface area contributed by atoms with Crippen LogP contribution in [0.4, 0.5) is 0 Å². The van der Waals surface area contributed by atoms with Crippen molar-refractivity contribution in [3.05, 3.63) is 66.2 Å². The van der Waals surface area contributed by atoms with Crippen LogP contribution in [-0.4, -0.2) is 24.2 Å². The van der Waals surface area contributed by atoms with E-state index in [1.54, 1.807) is 11.8 Å². The molecule has 2 aromatic carbocycles. The molecule has 5 heteroatoms. The molecular weight excluding hydrogens is 306 g/mol. The number of thioether (sulfide) groups is 1. The van der Waals surface area contributed by atoms with E-state index in [0.29, 0.717) is 6.54 Å². The monoisotopic (exact) mass is 327 g/mol. The molecule has 1 fully saturated rings. The molecule has 0 saturated carbocycles. The molecular formula is C18H21N3OS. The second-order valence-electron chi connectivity index (χ2n) is 5.49. The molecule has 0 spiro atoms. The van der Waals surface area contributed by atoms with Crippen LogP contribution in [0.1, 0.15) is 18.0 Å². The molecule has 23 heavy (non-hydrogen) atoms. The Balaban J connectivity index is 1.39. The average molecular weight is 327 g/mol. The van der Waals surface area contributed by atoms with Crippen molar-refractivity contribution in [1.82, 2.24) is 16.2 Å². The zero-order valence-corrected chi connectivity index (χ0v) is 13.7. The van der Waals surface area contributed by atoms with Crippen molar-refractivity contribution < 1.29 is 4.79 Å². The van der Waals surface area contributed by atoms with E-state index in [9.17, 15) is 4.79 Å². The van der Waals surface area contributed by atoms with E-state index in [4.69, 9.17) is 0 Å². The van der Waals surface area contributed by atoms with Crippen LogP contribution in [0, 0.1) is 0 Å². The van der Waals surface area contributed by atoms with Gasteiger partial charge in [0.2, 0.25) is 5.91 Å². The van der Waals surface area contributed by atoms with Gasteiger partial charge in [0.05, 0.1) is 0 Å². The molecule has 0 bridgehead atoms. The molecule has 120 valence electrons. The molecule has 1 saturated heterocycles. The summed E-state index contributed by atoms with van der Waals surface area (Å²) in [5.41, 5.74) is 7.50. The zero-order valence-electron chi connectivity index (χ0n) is 12.9. The Bertz CT molecular complexity index is 621. The van der Waals surface area contributed by atoms with Gasteiger partial charge in [-0.1, -0.05) is 48.5 Å². The van der Waals surface area contributed by atoms with Gasteiger partial charge in [0.1, 0.15) is 6.04 Å². The second-order valence-corrected chi connectivity index (χ2v) is 6.66. The number of carbonyl (C=O) groups is 1. The third kappa shape index (κ3) is 4.58. The minimum absolute atomic E-state index is 0.0598. The van der Waals surface area contributed by atoms with E-state index in [1.165, 1.54) is 10.5 Å². The van der Waals surface area contributed by atoms with Crippen LogP contribution >= 0.6 is 11.8 Å². The molecule has 1 aliphatic heterocycles. The lowest BCUT2D eigenvalue weighted by Crippen LogP contribution is -2.43. The summed E-state index contributed by atoms with van der Waals surface area (Å²) in [5.74, 6) is 0.933. The van der Waals surface area contributed by atoms with Crippen molar-refractivity contribution in [2.45, 2.75) is 23.4 Å². The Hall–Kier alpha value is -1.82. The number of amides is 1. The number of rotatable bonds is 6. The highest BCUT2D eigenvalue weighted by Gasteiger charge is 2.29. The van der Waals surface area contributed by atoms with Crippen LogP contribution in [0.5, 0.6) is 0 Å². The Morgan fingerprint density at radius 2 is 1.74 bits per heavy atom. The van der Waals surface area contributed by atoms with Gasteiger partial charge in [-0.15, -0.1) is 11.8 Å². The van der Waals surface area contributed by atoms with E-state index in [0.717, 1.165) is 12.2 Å². The summed E-state index contributed by atoms with van der Waals surface area (Å²) in [4.78, 5) is 13.4. The molecule has 1 heterocycles. The zero-order chi connectivity index (χ0) is 15.9. The van der Waals surface area contributed by atoms with E-state index < -0.39 is 0 Å². The lowest BCUT2D eigenvalue weighted by atomic mass is 10.0. The Morgan fingerprint density at radius 1 is 1.04 bits per heavy atom. The molecule has 1 amide bonds. The minimum atomic E-state index is -0.179. The van der Waals surface area contributed by atoms with Gasteiger partial charge in [-0.05, 0) is 24.1 Å². The Morgan fingerprint density at radius 3 is 2.48 bits per heavy atom. The fraction of sp³-hybridized carbons (Fsp3) is 0.278. The molecule has 2 unspecified atom stereocenters. The fourth-order valence-electron chi connectivity index (χ4n) is 2.62. The first-order valence-corrected chi connectivity index (χ1v) is 8.83. The molecule has 1 aliphatic rings. The van der Waals surface area contributed by atoms with Gasteiger partial charge in [-0.3, -0.25) is 4.79 Å². The molecule has 2 atom stereocenters. The van der Waals surface area contributed by atoms with Crippen molar-refractivity contribution in [2.75, 3.05) is 12.3 Å². The first-order valence-electron chi connectivity index (χ1n) is 7.84. The van der Waals surface area contributed by atoms with Crippen molar-refractivity contribution >= 4 is 17.7 Å². The van der Waals surface area contributed by atoms with Gasteiger partial charge >= 0.3 is 0 Å². The van der Waals surface area contributed by atoms with Gasteiger partial charge in [-0.2, -0.15) is 0 Å². The lowest BCUT2D eigenvalue weighted by Gasteiger charge is -2.10. The summed E-state index contributed by atoms with van der Waals surface area (Å²) < 4.78 is 0. The van der Waals surface area contributed by atoms with E-state index in [2.05, 4.69) is 40.4 Å². The number of nitrogens with one attached hydrogen (secondary N) is 3. The van der Waals surface area contributed by atoms with Crippen molar-refractivity contribution in [3.63, 3.8) is 0 Å². The number of carbonyl (C=O) groups excluding carboxylic acids is 1. The quantitative estimate of drug-likeness (QED) is 0.564. The Labute approximate surface area is 141 Å². The predicted molar refractivity (Wildman–Crippen MR) is 94.0 cm³/mol. The highest BCUT2D eigenvalue weighted by molar-refractivity contribution is 7.99. The van der Waals surface area contributed by atoms with Crippen LogP contribution in [0.25, 0.3) is 0 Å². The van der Waals surface area contributed by atoms with Gasteiger partial charge in [-0.25, -0.2) is 10.9 Å². The van der Waals surface area contributed by atoms with Crippen LogP contribution in [0.3, 0.4) is 0 Å². The average Bonchev–Trinajstić information content (AvgIpc) is 3.10. The van der Waals surface area contributed by atoms with E-state index in [1.807, 2.05) is 36.4 Å². The molecule has 0 radical (unpaired) electrons. The maximum Gasteiger partial charge on any atom is 0.238 e. The second kappa shape index (κ2) is 8.15. The molecule has 4 nitrogen and oxygen atoms in total. The van der Waals surface area contributed by atoms with Gasteiger partial charge in [0, 0.05) is 23.2 Å². The number of benzene rings is 2. The lowest BCUT2D eigenvalue weighted by molar-refractivity contribution is -0.122. The fourth-order valence-corrected chi connectivity index (χ4v) is 3.40. The van der Waals surface area contributed by atoms with Gasteiger partial charge < -0.3 is 5.32 Å². The minimum Gasteiger partial charge on any atom is -0.354 e. The normalized spacial score (nSPS) is 20.3. The summed E-state index contributed by atoms with van der Waals surface area (Å²) in [5, 5.41) is 3.00. The molecule has 3 rings (SSSR count). The predicted octanol–water partition coefficient (Wildman–Crippen LogP) is 2.50. The molecule has 0 aromatic heterocycles. The third-order valence-electron chi connectivity index (χ3n) is 3.83. The first kappa shape index (κ1) is 16.1. The summed E-state index contributed by atoms with van der Waals surface area (Å²) >= 11 is 1.75. The highest BCUT2D eigenvalue weighted by Crippen LogP contribution is 2.21. The van der Waals surface area contributed by atoms with Gasteiger partial charge in [0.15, 0.2) is 0 Å². The summed E-state index contributed by atoms with van der Waals surface area (Å²) in [6, 6.07) is 20.4. The van der Waals surface area contributed by atoms with Crippen molar-refractivity contribution in [1.29, 1.82) is 0 Å². The van der Waals surface area contributed by atoms with Crippen molar-refractivity contribution in [2.24, 2.45) is 0 Å². The largest absolute Gasteiger partial charge is 0.354 e. The SMILES string of the molecule is O=C(NCCSc1ccccc1)C1CC(c2ccccc2)NN1. The van der Waals surface area contributed by atoms with Crippen LogP contribution < -0.4 is 16.2 Å². The van der Waals surface area contributed by atoms with E-state index >= 15 is 0 Å². The topological polar surface area (TPSA) is 53.2 Å². The van der Waals surface area contributed by atoms with E-state index in [-0.39, 0.29) is 18.0 Å². The Kier molecular flexibility index (Phi) is 5.69. The highest BCUT2D eigenvalue weighted by atomic mass is 32.2. The third-order valence-corrected chi connectivity index (χ3v) is 4.85.